The van der Waals surface area contributed by atoms with Crippen LogP contribution in [0, 0.1) is 0 Å². The Morgan fingerprint density at radius 1 is 1.00 bits per heavy atom. The molecule has 130 valence electrons. The van der Waals surface area contributed by atoms with Crippen LogP contribution in [0.25, 0.3) is 22.4 Å². The zero-order valence-corrected chi connectivity index (χ0v) is 14.6. The van der Waals surface area contributed by atoms with Gasteiger partial charge in [0.2, 0.25) is 0 Å². The molecular weight excluding hydrogens is 328 g/mol. The summed E-state index contributed by atoms with van der Waals surface area (Å²) in [7, 11) is 1.62. The Labute approximate surface area is 150 Å². The average molecular weight is 346 g/mol. The Kier molecular flexibility index (Phi) is 4.01. The van der Waals surface area contributed by atoms with Gasteiger partial charge in [-0.15, -0.1) is 0 Å². The van der Waals surface area contributed by atoms with Crippen LogP contribution in [0.15, 0.2) is 65.6 Å². The normalized spacial score (nSPS) is 11.0. The predicted octanol–water partition coefficient (Wildman–Crippen LogP) is 3.14. The van der Waals surface area contributed by atoms with Gasteiger partial charge in [0.25, 0.3) is 5.56 Å². The van der Waals surface area contributed by atoms with Crippen molar-refractivity contribution in [3.8, 4) is 17.1 Å². The van der Waals surface area contributed by atoms with Crippen LogP contribution in [0.4, 0.5) is 0 Å². The Balaban J connectivity index is 1.95. The predicted molar refractivity (Wildman–Crippen MR) is 100 cm³/mol. The summed E-state index contributed by atoms with van der Waals surface area (Å²) in [4.78, 5) is 17.9. The van der Waals surface area contributed by atoms with E-state index in [0.717, 1.165) is 17.1 Å². The molecule has 0 unspecified atom stereocenters. The number of aromatic nitrogens is 4. The van der Waals surface area contributed by atoms with E-state index in [1.807, 2.05) is 61.5 Å². The van der Waals surface area contributed by atoms with E-state index in [9.17, 15) is 4.79 Å². The lowest BCUT2D eigenvalue weighted by molar-refractivity contribution is 0.414. The maximum Gasteiger partial charge on any atom is 0.269 e. The molecule has 2 aromatic carbocycles. The zero-order chi connectivity index (χ0) is 18.1. The lowest BCUT2D eigenvalue weighted by atomic mass is 10.2. The van der Waals surface area contributed by atoms with Gasteiger partial charge in [0.1, 0.15) is 17.0 Å². The summed E-state index contributed by atoms with van der Waals surface area (Å²) in [5, 5.41) is 4.87. The van der Waals surface area contributed by atoms with E-state index in [2.05, 4.69) is 5.10 Å². The number of hydrogen-bond acceptors (Lipinski definition) is 4. The van der Waals surface area contributed by atoms with Gasteiger partial charge in [-0.1, -0.05) is 25.1 Å². The van der Waals surface area contributed by atoms with Gasteiger partial charge >= 0.3 is 0 Å². The Hall–Kier alpha value is -3.41. The van der Waals surface area contributed by atoms with Gasteiger partial charge in [0.05, 0.1) is 24.7 Å². The third-order valence-electron chi connectivity index (χ3n) is 4.32. The zero-order valence-electron chi connectivity index (χ0n) is 14.6. The Morgan fingerprint density at radius 3 is 2.38 bits per heavy atom. The summed E-state index contributed by atoms with van der Waals surface area (Å²) in [6.07, 6.45) is 2.20. The Morgan fingerprint density at radius 2 is 1.73 bits per heavy atom. The first kappa shape index (κ1) is 16.1. The van der Waals surface area contributed by atoms with Crippen molar-refractivity contribution >= 4 is 11.0 Å². The van der Waals surface area contributed by atoms with Gasteiger partial charge in [0.15, 0.2) is 5.65 Å². The van der Waals surface area contributed by atoms with Crippen LogP contribution in [0.1, 0.15) is 12.7 Å². The lowest BCUT2D eigenvalue weighted by Gasteiger charge is -2.12. The SMILES string of the molecule is CCc1nc2c(cnn2-c2ccccc2)c(=O)n1-c1ccc(OC)cc1. The third-order valence-corrected chi connectivity index (χ3v) is 4.32. The smallest absolute Gasteiger partial charge is 0.269 e. The monoisotopic (exact) mass is 346 g/mol. The molecule has 6 heteroatoms. The molecule has 6 nitrogen and oxygen atoms in total. The fourth-order valence-corrected chi connectivity index (χ4v) is 3.00. The molecule has 0 aliphatic rings. The fraction of sp³-hybridized carbons (Fsp3) is 0.150. The molecule has 0 spiro atoms. The molecule has 4 aromatic rings. The second kappa shape index (κ2) is 6.48. The number of methoxy groups -OCH3 is 1. The highest BCUT2D eigenvalue weighted by Crippen LogP contribution is 2.18. The molecule has 2 heterocycles. The van der Waals surface area contributed by atoms with Crippen molar-refractivity contribution in [1.82, 2.24) is 19.3 Å². The number of rotatable bonds is 4. The molecule has 0 bridgehead atoms. The number of para-hydroxylation sites is 1. The van der Waals surface area contributed by atoms with Crippen LogP contribution < -0.4 is 10.3 Å². The molecule has 4 rings (SSSR count). The lowest BCUT2D eigenvalue weighted by Crippen LogP contribution is -2.23. The minimum absolute atomic E-state index is 0.126. The van der Waals surface area contributed by atoms with E-state index < -0.39 is 0 Å². The standard InChI is InChI=1S/C20H18N4O2/c1-3-18-22-19-17(13-21-24(19)15-7-5-4-6-8-15)20(25)23(18)14-9-11-16(26-2)12-10-14/h4-13H,3H2,1-2H3. The van der Waals surface area contributed by atoms with E-state index in [1.165, 1.54) is 0 Å². The topological polar surface area (TPSA) is 61.9 Å². The number of ether oxygens (including phenoxy) is 1. The largest absolute Gasteiger partial charge is 0.497 e. The quantitative estimate of drug-likeness (QED) is 0.569. The first-order chi connectivity index (χ1) is 12.7. The van der Waals surface area contributed by atoms with E-state index in [0.29, 0.717) is 23.3 Å². The van der Waals surface area contributed by atoms with Crippen LogP contribution >= 0.6 is 0 Å². The Bertz CT molecular complexity index is 1110. The van der Waals surface area contributed by atoms with Gasteiger partial charge in [-0.3, -0.25) is 9.36 Å². The number of aryl methyl sites for hydroxylation is 1. The minimum Gasteiger partial charge on any atom is -0.497 e. The highest BCUT2D eigenvalue weighted by molar-refractivity contribution is 5.75. The van der Waals surface area contributed by atoms with E-state index in [4.69, 9.17) is 9.72 Å². The second-order valence-electron chi connectivity index (χ2n) is 5.85. The van der Waals surface area contributed by atoms with Crippen molar-refractivity contribution in [2.45, 2.75) is 13.3 Å². The van der Waals surface area contributed by atoms with E-state index in [-0.39, 0.29) is 5.56 Å². The molecule has 0 aliphatic heterocycles. The summed E-state index contributed by atoms with van der Waals surface area (Å²) in [5.41, 5.74) is 2.08. The maximum atomic E-state index is 13.1. The van der Waals surface area contributed by atoms with Gasteiger partial charge in [-0.2, -0.15) is 5.10 Å². The highest BCUT2D eigenvalue weighted by atomic mass is 16.5. The number of benzene rings is 2. The van der Waals surface area contributed by atoms with Crippen LogP contribution in [0.5, 0.6) is 5.75 Å². The van der Waals surface area contributed by atoms with Crippen molar-refractivity contribution in [1.29, 1.82) is 0 Å². The third kappa shape index (κ3) is 2.56. The molecule has 0 saturated carbocycles. The van der Waals surface area contributed by atoms with E-state index >= 15 is 0 Å². The van der Waals surface area contributed by atoms with Crippen molar-refractivity contribution in [3.63, 3.8) is 0 Å². The highest BCUT2D eigenvalue weighted by Gasteiger charge is 2.16. The molecule has 0 N–H and O–H groups in total. The summed E-state index contributed by atoms with van der Waals surface area (Å²) in [6, 6.07) is 17.1. The molecule has 0 aliphatic carbocycles. The molecule has 0 saturated heterocycles. The molecule has 0 atom stereocenters. The fourth-order valence-electron chi connectivity index (χ4n) is 3.00. The van der Waals surface area contributed by atoms with E-state index in [1.54, 1.807) is 22.6 Å². The maximum absolute atomic E-state index is 13.1. The summed E-state index contributed by atoms with van der Waals surface area (Å²) in [6.45, 7) is 1.98. The average Bonchev–Trinajstić information content (AvgIpc) is 3.13. The first-order valence-corrected chi connectivity index (χ1v) is 8.42. The van der Waals surface area contributed by atoms with Gasteiger partial charge in [0, 0.05) is 6.42 Å². The molecule has 2 aromatic heterocycles. The van der Waals surface area contributed by atoms with Crippen molar-refractivity contribution < 1.29 is 4.74 Å². The van der Waals surface area contributed by atoms with Gasteiger partial charge in [-0.25, -0.2) is 9.67 Å². The molecular formula is C20H18N4O2. The molecule has 0 radical (unpaired) electrons. The molecule has 26 heavy (non-hydrogen) atoms. The molecule has 0 fully saturated rings. The van der Waals surface area contributed by atoms with Crippen molar-refractivity contribution in [2.24, 2.45) is 0 Å². The number of hydrogen-bond donors (Lipinski definition) is 0. The van der Waals surface area contributed by atoms with Crippen molar-refractivity contribution in [2.75, 3.05) is 7.11 Å². The summed E-state index contributed by atoms with van der Waals surface area (Å²) >= 11 is 0. The minimum atomic E-state index is -0.126. The molecule has 0 amide bonds. The number of fused-ring (bicyclic) bond motifs is 1. The first-order valence-electron chi connectivity index (χ1n) is 8.42. The van der Waals surface area contributed by atoms with Crippen LogP contribution in [-0.2, 0) is 6.42 Å². The van der Waals surface area contributed by atoms with Gasteiger partial charge < -0.3 is 4.74 Å². The number of nitrogens with zero attached hydrogens (tertiary/aromatic N) is 4. The van der Waals surface area contributed by atoms with Crippen LogP contribution in [0.2, 0.25) is 0 Å². The van der Waals surface area contributed by atoms with Gasteiger partial charge in [-0.05, 0) is 36.4 Å². The van der Waals surface area contributed by atoms with Crippen LogP contribution in [0.3, 0.4) is 0 Å². The summed E-state index contributed by atoms with van der Waals surface area (Å²) in [5.74, 6) is 1.43. The van der Waals surface area contributed by atoms with Crippen molar-refractivity contribution in [3.05, 3.63) is 77.0 Å². The second-order valence-corrected chi connectivity index (χ2v) is 5.85. The summed E-state index contributed by atoms with van der Waals surface area (Å²) < 4.78 is 8.54. The van der Waals surface area contributed by atoms with Crippen LogP contribution in [-0.4, -0.2) is 26.4 Å².